The summed E-state index contributed by atoms with van der Waals surface area (Å²) >= 11 is 11.7. The normalized spacial score (nSPS) is 10.4. The highest BCUT2D eigenvalue weighted by atomic mass is 35.5. The number of ether oxygens (including phenoxy) is 1. The average Bonchev–Trinajstić information content (AvgIpc) is 3.24. The molecule has 0 saturated heterocycles. The number of benzene rings is 2. The summed E-state index contributed by atoms with van der Waals surface area (Å²) in [5, 5.41) is 5.31. The molecule has 2 aromatic carbocycles. The van der Waals surface area contributed by atoms with Crippen LogP contribution >= 0.6 is 23.2 Å². The zero-order valence-electron chi connectivity index (χ0n) is 16.1. The Bertz CT molecular complexity index is 1090. The third-order valence-electron chi connectivity index (χ3n) is 3.97. The van der Waals surface area contributed by atoms with Crippen molar-refractivity contribution in [2.75, 3.05) is 13.1 Å². The molecule has 10 heteroatoms. The van der Waals surface area contributed by atoms with Crippen molar-refractivity contribution in [3.63, 3.8) is 0 Å². The third kappa shape index (κ3) is 6.56. The van der Waals surface area contributed by atoms with Gasteiger partial charge in [0.1, 0.15) is 25.1 Å². The van der Waals surface area contributed by atoms with Crippen molar-refractivity contribution >= 4 is 41.0 Å². The second-order valence-electron chi connectivity index (χ2n) is 6.25. The van der Waals surface area contributed by atoms with Crippen LogP contribution in [0.2, 0.25) is 10.0 Å². The number of oxazole rings is 1. The van der Waals surface area contributed by atoms with Crippen molar-refractivity contribution in [3.05, 3.63) is 76.1 Å². The van der Waals surface area contributed by atoms with E-state index in [1.165, 1.54) is 24.5 Å². The molecule has 0 radical (unpaired) electrons. The third-order valence-corrected chi connectivity index (χ3v) is 4.52. The summed E-state index contributed by atoms with van der Waals surface area (Å²) in [4.78, 5) is 40.0. The fourth-order valence-electron chi connectivity index (χ4n) is 2.45. The molecule has 2 N–H and O–H groups in total. The lowest BCUT2D eigenvalue weighted by Crippen LogP contribution is -2.39. The van der Waals surface area contributed by atoms with Gasteiger partial charge in [-0.15, -0.1) is 0 Å². The maximum Gasteiger partial charge on any atom is 0.325 e. The lowest BCUT2D eigenvalue weighted by Gasteiger charge is -2.08. The number of hydrogen-bond acceptors (Lipinski definition) is 6. The first-order valence-corrected chi connectivity index (χ1v) is 9.83. The molecule has 0 unspecified atom stereocenters. The number of aromatic nitrogens is 1. The van der Waals surface area contributed by atoms with Crippen LogP contribution in [0.1, 0.15) is 16.1 Å². The molecule has 8 nitrogen and oxygen atoms in total. The number of carbonyl (C=O) groups is 3. The largest absolute Gasteiger partial charge is 0.458 e. The predicted molar refractivity (Wildman–Crippen MR) is 114 cm³/mol. The molecule has 0 saturated carbocycles. The zero-order chi connectivity index (χ0) is 22.2. The maximum atomic E-state index is 12.1. The Hall–Kier alpha value is -3.36. The van der Waals surface area contributed by atoms with Gasteiger partial charge in [-0.25, -0.2) is 4.98 Å². The Morgan fingerprint density at radius 2 is 1.77 bits per heavy atom. The van der Waals surface area contributed by atoms with Crippen LogP contribution in [0.15, 0.2) is 59.2 Å². The summed E-state index contributed by atoms with van der Waals surface area (Å²) in [6, 6.07) is 13.7. The van der Waals surface area contributed by atoms with E-state index in [1.807, 2.05) is 30.3 Å². The van der Waals surface area contributed by atoms with Crippen LogP contribution in [0.25, 0.3) is 11.5 Å². The number of carbonyl (C=O) groups excluding carboxylic acids is 3. The van der Waals surface area contributed by atoms with Crippen molar-refractivity contribution in [2.45, 2.75) is 6.61 Å². The first kappa shape index (κ1) is 22.3. The molecule has 160 valence electrons. The molecule has 0 spiro atoms. The molecule has 0 aliphatic rings. The fourth-order valence-corrected chi connectivity index (χ4v) is 2.95. The van der Waals surface area contributed by atoms with Gasteiger partial charge in [0.25, 0.3) is 5.91 Å². The van der Waals surface area contributed by atoms with Crippen LogP contribution in [0, 0.1) is 0 Å². The van der Waals surface area contributed by atoms with Gasteiger partial charge in [0, 0.05) is 10.6 Å². The highest BCUT2D eigenvalue weighted by molar-refractivity contribution is 6.36. The van der Waals surface area contributed by atoms with Crippen molar-refractivity contribution in [1.82, 2.24) is 15.6 Å². The van der Waals surface area contributed by atoms with Gasteiger partial charge < -0.3 is 19.8 Å². The van der Waals surface area contributed by atoms with E-state index in [4.69, 9.17) is 32.4 Å². The number of amides is 2. The van der Waals surface area contributed by atoms with E-state index >= 15 is 0 Å². The van der Waals surface area contributed by atoms with E-state index < -0.39 is 17.8 Å². The summed E-state index contributed by atoms with van der Waals surface area (Å²) in [7, 11) is 0. The van der Waals surface area contributed by atoms with Crippen LogP contribution in [0.3, 0.4) is 0 Å². The number of nitrogens with zero attached hydrogens (tertiary/aromatic N) is 1. The van der Waals surface area contributed by atoms with Gasteiger partial charge in [-0.1, -0.05) is 41.4 Å². The van der Waals surface area contributed by atoms with Gasteiger partial charge in [0.15, 0.2) is 0 Å². The second-order valence-corrected chi connectivity index (χ2v) is 7.10. The van der Waals surface area contributed by atoms with Crippen molar-refractivity contribution in [2.24, 2.45) is 0 Å². The summed E-state index contributed by atoms with van der Waals surface area (Å²) in [5.41, 5.74) is 1.42. The summed E-state index contributed by atoms with van der Waals surface area (Å²) in [6.45, 7) is -0.800. The fraction of sp³-hybridized carbons (Fsp3) is 0.143. The summed E-state index contributed by atoms with van der Waals surface area (Å²) in [5.74, 6) is -1.36. The van der Waals surface area contributed by atoms with Crippen LogP contribution < -0.4 is 10.6 Å². The van der Waals surface area contributed by atoms with Gasteiger partial charge in [-0.2, -0.15) is 0 Å². The quantitative estimate of drug-likeness (QED) is 0.498. The molecule has 3 aromatic rings. The van der Waals surface area contributed by atoms with Gasteiger partial charge in [0.2, 0.25) is 11.8 Å². The second kappa shape index (κ2) is 10.6. The van der Waals surface area contributed by atoms with Gasteiger partial charge in [0.05, 0.1) is 17.1 Å². The first-order chi connectivity index (χ1) is 14.9. The molecule has 0 aliphatic carbocycles. The van der Waals surface area contributed by atoms with Crippen molar-refractivity contribution in [1.29, 1.82) is 0 Å². The minimum absolute atomic E-state index is 0.100. The summed E-state index contributed by atoms with van der Waals surface area (Å²) in [6.07, 6.45) is 1.39. The van der Waals surface area contributed by atoms with Crippen molar-refractivity contribution in [3.8, 4) is 11.5 Å². The van der Waals surface area contributed by atoms with Crippen LogP contribution in [-0.4, -0.2) is 35.9 Å². The van der Waals surface area contributed by atoms with Crippen LogP contribution in [-0.2, 0) is 20.9 Å². The lowest BCUT2D eigenvalue weighted by molar-refractivity contribution is -0.145. The van der Waals surface area contributed by atoms with E-state index in [0.717, 1.165) is 5.56 Å². The molecular weight excluding hydrogens is 445 g/mol. The van der Waals surface area contributed by atoms with Gasteiger partial charge in [-0.05, 0) is 30.3 Å². The molecule has 0 fully saturated rings. The lowest BCUT2D eigenvalue weighted by atomic mass is 10.2. The molecular formula is C21H17Cl2N3O5. The molecule has 31 heavy (non-hydrogen) atoms. The van der Waals surface area contributed by atoms with E-state index in [9.17, 15) is 14.4 Å². The Labute approximate surface area is 187 Å². The van der Waals surface area contributed by atoms with E-state index in [0.29, 0.717) is 16.6 Å². The van der Waals surface area contributed by atoms with E-state index in [-0.39, 0.29) is 30.3 Å². The molecule has 0 atom stereocenters. The van der Waals surface area contributed by atoms with Crippen LogP contribution in [0.5, 0.6) is 0 Å². The molecule has 0 bridgehead atoms. The Morgan fingerprint density at radius 3 is 2.52 bits per heavy atom. The zero-order valence-corrected chi connectivity index (χ0v) is 17.6. The molecule has 2 amide bonds. The molecule has 1 heterocycles. The SMILES string of the molecule is O=C(CNC(=O)c1ccc(Cl)cc1Cl)NCC(=O)OCc1coc(-c2ccccc2)n1. The molecule has 0 aliphatic heterocycles. The minimum Gasteiger partial charge on any atom is -0.458 e. The molecule has 3 rings (SSSR count). The number of nitrogens with one attached hydrogen (secondary N) is 2. The Morgan fingerprint density at radius 1 is 1.00 bits per heavy atom. The number of rotatable bonds is 8. The number of halogens is 2. The first-order valence-electron chi connectivity index (χ1n) is 9.08. The summed E-state index contributed by atoms with van der Waals surface area (Å²) < 4.78 is 10.4. The highest BCUT2D eigenvalue weighted by Gasteiger charge is 2.13. The van der Waals surface area contributed by atoms with E-state index in [2.05, 4.69) is 15.6 Å². The topological polar surface area (TPSA) is 111 Å². The van der Waals surface area contributed by atoms with Gasteiger partial charge in [-0.3, -0.25) is 14.4 Å². The highest BCUT2D eigenvalue weighted by Crippen LogP contribution is 2.21. The Kier molecular flexibility index (Phi) is 7.64. The number of hydrogen-bond donors (Lipinski definition) is 2. The smallest absolute Gasteiger partial charge is 0.325 e. The van der Waals surface area contributed by atoms with E-state index in [1.54, 1.807) is 0 Å². The number of esters is 1. The van der Waals surface area contributed by atoms with Crippen molar-refractivity contribution < 1.29 is 23.5 Å². The van der Waals surface area contributed by atoms with Gasteiger partial charge >= 0.3 is 5.97 Å². The molecule has 1 aromatic heterocycles. The Balaban J connectivity index is 1.38. The monoisotopic (exact) mass is 461 g/mol. The maximum absolute atomic E-state index is 12.1. The minimum atomic E-state index is -0.662. The predicted octanol–water partition coefficient (Wildman–Crippen LogP) is 3.24. The standard InChI is InChI=1S/C21H17Cl2N3O5/c22-14-6-7-16(17(23)8-14)20(29)25-9-18(27)24-10-19(28)30-11-15-12-31-21(26-15)13-4-2-1-3-5-13/h1-8,12H,9-11H2,(H,24,27)(H,25,29). The average molecular weight is 462 g/mol. The van der Waals surface area contributed by atoms with Crippen LogP contribution in [0.4, 0.5) is 0 Å².